The van der Waals surface area contributed by atoms with Crippen LogP contribution >= 0.6 is 0 Å². The van der Waals surface area contributed by atoms with Gasteiger partial charge in [0.1, 0.15) is 18.3 Å². The first-order valence-corrected chi connectivity index (χ1v) is 5.33. The molecule has 0 radical (unpaired) electrons. The number of ether oxygens (including phenoxy) is 1. The number of hydrogen-bond acceptors (Lipinski definition) is 4. The van der Waals surface area contributed by atoms with Crippen LogP contribution in [-0.2, 0) is 4.74 Å². The average Bonchev–Trinajstić information content (AvgIpc) is 2.46. The average molecular weight is 204 g/mol. The van der Waals surface area contributed by atoms with Crippen molar-refractivity contribution in [2.45, 2.75) is 57.0 Å². The van der Waals surface area contributed by atoms with Gasteiger partial charge >= 0.3 is 0 Å². The van der Waals surface area contributed by atoms with Crippen LogP contribution in [0.4, 0.5) is 0 Å². The van der Waals surface area contributed by atoms with Gasteiger partial charge in [-0.2, -0.15) is 0 Å². The van der Waals surface area contributed by atoms with E-state index in [9.17, 15) is 10.2 Å². The Labute approximate surface area is 84.5 Å². The van der Waals surface area contributed by atoms with Crippen molar-refractivity contribution >= 4 is 0 Å². The third-order valence-corrected chi connectivity index (χ3v) is 2.73. The first kappa shape index (κ1) is 11.9. The highest BCUT2D eigenvalue weighted by Gasteiger charge is 2.41. The van der Waals surface area contributed by atoms with Crippen LogP contribution in [0.25, 0.3) is 0 Å². The molecule has 0 aromatic rings. The van der Waals surface area contributed by atoms with Gasteiger partial charge in [0.05, 0.1) is 12.7 Å². The van der Waals surface area contributed by atoms with Crippen molar-refractivity contribution in [2.24, 2.45) is 0 Å². The molecule has 4 nitrogen and oxygen atoms in total. The molecule has 0 aliphatic carbocycles. The molecule has 0 saturated carbocycles. The predicted octanol–water partition coefficient (Wildman–Crippen LogP) is 0.0482. The van der Waals surface area contributed by atoms with Crippen LogP contribution in [0.1, 0.15) is 32.6 Å². The molecule has 3 N–H and O–H groups in total. The van der Waals surface area contributed by atoms with E-state index in [0.29, 0.717) is 0 Å². The highest BCUT2D eigenvalue weighted by molar-refractivity contribution is 4.89. The van der Waals surface area contributed by atoms with Crippen molar-refractivity contribution in [3.05, 3.63) is 0 Å². The Morgan fingerprint density at radius 3 is 2.21 bits per heavy atom. The van der Waals surface area contributed by atoms with Crippen molar-refractivity contribution < 1.29 is 20.1 Å². The van der Waals surface area contributed by atoms with E-state index in [0.717, 1.165) is 25.7 Å². The largest absolute Gasteiger partial charge is 0.394 e. The van der Waals surface area contributed by atoms with E-state index < -0.39 is 18.3 Å². The third kappa shape index (κ3) is 2.67. The number of hydrogen-bond donors (Lipinski definition) is 3. The second kappa shape index (κ2) is 5.66. The SMILES string of the molecule is CCCCCC1O[C@H](CO)[C@@H](O)[C@H]1O. The predicted molar refractivity (Wildman–Crippen MR) is 51.9 cm³/mol. The lowest BCUT2D eigenvalue weighted by atomic mass is 10.0. The summed E-state index contributed by atoms with van der Waals surface area (Å²) < 4.78 is 5.33. The second-order valence-corrected chi connectivity index (χ2v) is 3.87. The van der Waals surface area contributed by atoms with Gasteiger partial charge in [-0.1, -0.05) is 26.2 Å². The van der Waals surface area contributed by atoms with Crippen molar-refractivity contribution in [2.75, 3.05) is 6.61 Å². The third-order valence-electron chi connectivity index (χ3n) is 2.73. The normalized spacial score (nSPS) is 37.7. The van der Waals surface area contributed by atoms with Gasteiger partial charge in [-0.25, -0.2) is 0 Å². The summed E-state index contributed by atoms with van der Waals surface area (Å²) in [5, 5.41) is 27.9. The van der Waals surface area contributed by atoms with Gasteiger partial charge in [-0.3, -0.25) is 0 Å². The van der Waals surface area contributed by atoms with Crippen LogP contribution in [-0.4, -0.2) is 46.3 Å². The second-order valence-electron chi connectivity index (χ2n) is 3.87. The van der Waals surface area contributed by atoms with Crippen molar-refractivity contribution in [3.8, 4) is 0 Å². The smallest absolute Gasteiger partial charge is 0.111 e. The lowest BCUT2D eigenvalue weighted by molar-refractivity contribution is -0.0246. The van der Waals surface area contributed by atoms with E-state index in [2.05, 4.69) is 6.92 Å². The highest BCUT2D eigenvalue weighted by Crippen LogP contribution is 2.24. The lowest BCUT2D eigenvalue weighted by Crippen LogP contribution is -2.33. The summed E-state index contributed by atoms with van der Waals surface area (Å²) in [6.07, 6.45) is 1.26. The summed E-state index contributed by atoms with van der Waals surface area (Å²) in [4.78, 5) is 0. The standard InChI is InChI=1S/C10H20O4/c1-2-3-4-5-7-9(12)10(13)8(6-11)14-7/h7-13H,2-6H2,1H3/t7?,8-,9+,10-/m1/s1. The molecular formula is C10H20O4. The maximum Gasteiger partial charge on any atom is 0.111 e. The number of unbranched alkanes of at least 4 members (excludes halogenated alkanes) is 2. The topological polar surface area (TPSA) is 69.9 Å². The van der Waals surface area contributed by atoms with Gasteiger partial charge < -0.3 is 20.1 Å². The molecule has 1 fully saturated rings. The lowest BCUT2D eigenvalue weighted by Gasteiger charge is -2.13. The van der Waals surface area contributed by atoms with Gasteiger partial charge in [-0.15, -0.1) is 0 Å². The maximum absolute atomic E-state index is 9.57. The van der Waals surface area contributed by atoms with Crippen LogP contribution in [0.5, 0.6) is 0 Å². The Morgan fingerprint density at radius 1 is 1.07 bits per heavy atom. The molecule has 1 heterocycles. The fourth-order valence-electron chi connectivity index (χ4n) is 1.81. The molecule has 0 amide bonds. The van der Waals surface area contributed by atoms with Crippen LogP contribution in [0.3, 0.4) is 0 Å². The highest BCUT2D eigenvalue weighted by atomic mass is 16.6. The summed E-state index contributed by atoms with van der Waals surface area (Å²) in [7, 11) is 0. The minimum Gasteiger partial charge on any atom is -0.394 e. The van der Waals surface area contributed by atoms with Crippen LogP contribution in [0, 0.1) is 0 Å². The molecule has 14 heavy (non-hydrogen) atoms. The van der Waals surface area contributed by atoms with E-state index in [4.69, 9.17) is 9.84 Å². The fraction of sp³-hybridized carbons (Fsp3) is 1.00. The van der Waals surface area contributed by atoms with Gasteiger partial charge in [0.25, 0.3) is 0 Å². The molecule has 0 aromatic carbocycles. The van der Waals surface area contributed by atoms with Gasteiger partial charge in [0, 0.05) is 0 Å². The summed E-state index contributed by atoms with van der Waals surface area (Å²) in [6, 6.07) is 0. The van der Waals surface area contributed by atoms with E-state index >= 15 is 0 Å². The van der Waals surface area contributed by atoms with Crippen molar-refractivity contribution in [1.82, 2.24) is 0 Å². The molecular weight excluding hydrogens is 184 g/mol. The summed E-state index contributed by atoms with van der Waals surface area (Å²) in [5.41, 5.74) is 0. The first-order chi connectivity index (χ1) is 6.70. The Morgan fingerprint density at radius 2 is 1.71 bits per heavy atom. The minimum absolute atomic E-state index is 0.234. The molecule has 1 saturated heterocycles. The molecule has 0 aromatic heterocycles. The summed E-state index contributed by atoms with van der Waals surface area (Å²) >= 11 is 0. The molecule has 0 spiro atoms. The Balaban J connectivity index is 2.32. The zero-order chi connectivity index (χ0) is 10.6. The first-order valence-electron chi connectivity index (χ1n) is 5.33. The van der Waals surface area contributed by atoms with Crippen LogP contribution in [0.2, 0.25) is 0 Å². The maximum atomic E-state index is 9.57. The Bertz CT molecular complexity index is 162. The molecule has 1 rings (SSSR count). The van der Waals surface area contributed by atoms with E-state index in [1.165, 1.54) is 0 Å². The molecule has 4 atom stereocenters. The van der Waals surface area contributed by atoms with Gasteiger partial charge in [0.2, 0.25) is 0 Å². The van der Waals surface area contributed by atoms with E-state index in [1.807, 2.05) is 0 Å². The molecule has 84 valence electrons. The minimum atomic E-state index is -0.938. The Kier molecular flexibility index (Phi) is 4.81. The number of rotatable bonds is 5. The van der Waals surface area contributed by atoms with Crippen LogP contribution in [0.15, 0.2) is 0 Å². The van der Waals surface area contributed by atoms with E-state index in [-0.39, 0.29) is 12.7 Å². The molecule has 1 unspecified atom stereocenters. The molecule has 0 bridgehead atoms. The Hall–Kier alpha value is -0.160. The molecule has 1 aliphatic rings. The fourth-order valence-corrected chi connectivity index (χ4v) is 1.81. The zero-order valence-electron chi connectivity index (χ0n) is 8.59. The van der Waals surface area contributed by atoms with E-state index in [1.54, 1.807) is 0 Å². The zero-order valence-corrected chi connectivity index (χ0v) is 8.59. The van der Waals surface area contributed by atoms with Crippen molar-refractivity contribution in [1.29, 1.82) is 0 Å². The summed E-state index contributed by atoms with van der Waals surface area (Å²) in [5.74, 6) is 0. The van der Waals surface area contributed by atoms with Gasteiger partial charge in [-0.05, 0) is 6.42 Å². The molecule has 4 heteroatoms. The monoisotopic (exact) mass is 204 g/mol. The van der Waals surface area contributed by atoms with Crippen LogP contribution < -0.4 is 0 Å². The van der Waals surface area contributed by atoms with Crippen molar-refractivity contribution in [3.63, 3.8) is 0 Å². The molecule has 1 aliphatic heterocycles. The summed E-state index contributed by atoms with van der Waals surface area (Å²) in [6.45, 7) is 1.87. The number of aliphatic hydroxyl groups is 3. The quantitative estimate of drug-likeness (QED) is 0.553. The number of aliphatic hydroxyl groups excluding tert-OH is 3. The van der Waals surface area contributed by atoms with Gasteiger partial charge in [0.15, 0.2) is 0 Å².